The summed E-state index contributed by atoms with van der Waals surface area (Å²) in [4.78, 5) is 11.6. The van der Waals surface area contributed by atoms with E-state index in [0.717, 1.165) is 22.7 Å². The molecule has 0 aliphatic heterocycles. The molecular weight excluding hydrogens is 258 g/mol. The number of hydrogen-bond donors (Lipinski definition) is 1. The van der Waals surface area contributed by atoms with Crippen LogP contribution in [0.2, 0.25) is 0 Å². The molecule has 6 heteroatoms. The van der Waals surface area contributed by atoms with E-state index in [2.05, 4.69) is 14.9 Å². The summed E-state index contributed by atoms with van der Waals surface area (Å²) in [6, 6.07) is 7.77. The molecular formula is C11H10ClN3OS. The molecule has 0 spiro atoms. The normalized spacial score (nSPS) is 10.2. The highest BCUT2D eigenvalue weighted by Crippen LogP contribution is 2.08. The number of halogens is 1. The molecule has 0 saturated heterocycles. The van der Waals surface area contributed by atoms with Crippen molar-refractivity contribution >= 4 is 29.0 Å². The molecule has 1 aromatic heterocycles. The van der Waals surface area contributed by atoms with Gasteiger partial charge in [-0.2, -0.15) is 0 Å². The van der Waals surface area contributed by atoms with Gasteiger partial charge in [-0.15, -0.1) is 16.7 Å². The van der Waals surface area contributed by atoms with Crippen LogP contribution < -0.4 is 5.32 Å². The molecule has 1 heterocycles. The highest BCUT2D eigenvalue weighted by molar-refractivity contribution is 7.03. The second kappa shape index (κ2) is 5.75. The molecule has 0 unspecified atom stereocenters. The largest absolute Gasteiger partial charge is 0.347 e. The SMILES string of the molecule is O=C(NCc1cccc(CCl)c1)c1csnn1. The number of carbonyl (C=O) groups excluding carboxylic acids is 1. The smallest absolute Gasteiger partial charge is 0.273 e. The lowest BCUT2D eigenvalue weighted by Crippen LogP contribution is -2.23. The number of amides is 1. The summed E-state index contributed by atoms with van der Waals surface area (Å²) < 4.78 is 3.64. The molecule has 1 amide bonds. The van der Waals surface area contributed by atoms with E-state index < -0.39 is 0 Å². The molecule has 0 fully saturated rings. The Morgan fingerprint density at radius 1 is 1.41 bits per heavy atom. The van der Waals surface area contributed by atoms with Crippen LogP contribution in [-0.4, -0.2) is 15.5 Å². The molecule has 0 aliphatic carbocycles. The molecule has 4 nitrogen and oxygen atoms in total. The van der Waals surface area contributed by atoms with Gasteiger partial charge in [-0.1, -0.05) is 28.8 Å². The highest BCUT2D eigenvalue weighted by atomic mass is 35.5. The minimum atomic E-state index is -0.213. The number of nitrogens with one attached hydrogen (secondary N) is 1. The van der Waals surface area contributed by atoms with Crippen LogP contribution in [0, 0.1) is 0 Å². The second-order valence-corrected chi connectivity index (χ2v) is 4.30. The summed E-state index contributed by atoms with van der Waals surface area (Å²) >= 11 is 6.89. The Balaban J connectivity index is 1.95. The fraction of sp³-hybridized carbons (Fsp3) is 0.182. The standard InChI is InChI=1S/C11H10ClN3OS/c12-5-8-2-1-3-9(4-8)6-13-11(16)10-7-17-15-14-10/h1-4,7H,5-6H2,(H,13,16). The number of aromatic nitrogens is 2. The molecule has 0 radical (unpaired) electrons. The number of alkyl halides is 1. The Kier molecular flexibility index (Phi) is 4.06. The monoisotopic (exact) mass is 267 g/mol. The van der Waals surface area contributed by atoms with E-state index in [0.29, 0.717) is 18.1 Å². The first-order valence-corrected chi connectivity index (χ1v) is 6.36. The van der Waals surface area contributed by atoms with Crippen LogP contribution in [0.25, 0.3) is 0 Å². The van der Waals surface area contributed by atoms with Gasteiger partial charge in [0, 0.05) is 17.8 Å². The minimum Gasteiger partial charge on any atom is -0.347 e. The zero-order valence-electron chi connectivity index (χ0n) is 8.89. The zero-order valence-corrected chi connectivity index (χ0v) is 10.5. The molecule has 17 heavy (non-hydrogen) atoms. The summed E-state index contributed by atoms with van der Waals surface area (Å²) in [6.45, 7) is 0.459. The predicted molar refractivity (Wildman–Crippen MR) is 67.1 cm³/mol. The average molecular weight is 268 g/mol. The van der Waals surface area contributed by atoms with Gasteiger partial charge >= 0.3 is 0 Å². The van der Waals surface area contributed by atoms with Crippen molar-refractivity contribution in [2.45, 2.75) is 12.4 Å². The van der Waals surface area contributed by atoms with E-state index in [-0.39, 0.29) is 5.91 Å². The number of carbonyl (C=O) groups is 1. The zero-order chi connectivity index (χ0) is 12.1. The Labute approximate surface area is 108 Å². The van der Waals surface area contributed by atoms with Gasteiger partial charge in [-0.05, 0) is 22.7 Å². The van der Waals surface area contributed by atoms with Crippen molar-refractivity contribution in [1.29, 1.82) is 0 Å². The van der Waals surface area contributed by atoms with Gasteiger partial charge in [0.15, 0.2) is 5.69 Å². The quantitative estimate of drug-likeness (QED) is 0.864. The van der Waals surface area contributed by atoms with Crippen molar-refractivity contribution in [2.24, 2.45) is 0 Å². The van der Waals surface area contributed by atoms with Gasteiger partial charge in [0.2, 0.25) is 0 Å². The predicted octanol–water partition coefficient (Wildman–Crippen LogP) is 2.21. The maximum atomic E-state index is 11.6. The average Bonchev–Trinajstić information content (AvgIpc) is 2.90. The van der Waals surface area contributed by atoms with Crippen LogP contribution in [0.3, 0.4) is 0 Å². The molecule has 2 rings (SSSR count). The van der Waals surface area contributed by atoms with Crippen LogP contribution in [-0.2, 0) is 12.4 Å². The van der Waals surface area contributed by atoms with Gasteiger partial charge in [-0.3, -0.25) is 4.79 Å². The Morgan fingerprint density at radius 3 is 2.94 bits per heavy atom. The van der Waals surface area contributed by atoms with E-state index >= 15 is 0 Å². The molecule has 88 valence electrons. The molecule has 0 atom stereocenters. The van der Waals surface area contributed by atoms with E-state index in [9.17, 15) is 4.79 Å². The Hall–Kier alpha value is -1.46. The minimum absolute atomic E-state index is 0.213. The van der Waals surface area contributed by atoms with Crippen LogP contribution in [0.15, 0.2) is 29.6 Å². The number of nitrogens with zero attached hydrogens (tertiary/aromatic N) is 2. The maximum absolute atomic E-state index is 11.6. The lowest BCUT2D eigenvalue weighted by molar-refractivity contribution is 0.0946. The third-order valence-corrected chi connectivity index (χ3v) is 3.00. The van der Waals surface area contributed by atoms with Crippen molar-refractivity contribution in [2.75, 3.05) is 0 Å². The number of rotatable bonds is 4. The fourth-order valence-corrected chi connectivity index (χ4v) is 1.96. The molecule has 1 aromatic carbocycles. The first kappa shape index (κ1) is 12.0. The van der Waals surface area contributed by atoms with E-state index in [1.807, 2.05) is 24.3 Å². The van der Waals surface area contributed by atoms with E-state index in [1.165, 1.54) is 0 Å². The van der Waals surface area contributed by atoms with Crippen molar-refractivity contribution in [3.63, 3.8) is 0 Å². The summed E-state index contributed by atoms with van der Waals surface area (Å²) in [5.74, 6) is 0.257. The molecule has 0 aliphatic rings. The Morgan fingerprint density at radius 2 is 2.24 bits per heavy atom. The lowest BCUT2D eigenvalue weighted by atomic mass is 10.1. The van der Waals surface area contributed by atoms with Gasteiger partial charge in [0.05, 0.1) is 0 Å². The highest BCUT2D eigenvalue weighted by Gasteiger charge is 2.07. The van der Waals surface area contributed by atoms with Crippen molar-refractivity contribution in [3.05, 3.63) is 46.5 Å². The first-order chi connectivity index (χ1) is 8.29. The van der Waals surface area contributed by atoms with Crippen LogP contribution in [0.4, 0.5) is 0 Å². The molecule has 2 aromatic rings. The Bertz CT molecular complexity index is 501. The van der Waals surface area contributed by atoms with Crippen molar-refractivity contribution in [3.8, 4) is 0 Å². The van der Waals surface area contributed by atoms with Gasteiger partial charge < -0.3 is 5.32 Å². The second-order valence-electron chi connectivity index (χ2n) is 3.43. The van der Waals surface area contributed by atoms with E-state index in [1.54, 1.807) is 5.38 Å². The fourth-order valence-electron chi connectivity index (χ4n) is 1.36. The van der Waals surface area contributed by atoms with Crippen LogP contribution in [0.1, 0.15) is 21.6 Å². The third-order valence-electron chi connectivity index (χ3n) is 2.19. The van der Waals surface area contributed by atoms with E-state index in [4.69, 9.17) is 11.6 Å². The van der Waals surface area contributed by atoms with Gasteiger partial charge in [-0.25, -0.2) is 0 Å². The van der Waals surface area contributed by atoms with Crippen LogP contribution >= 0.6 is 23.1 Å². The lowest BCUT2D eigenvalue weighted by Gasteiger charge is -2.04. The van der Waals surface area contributed by atoms with Crippen molar-refractivity contribution < 1.29 is 4.79 Å². The van der Waals surface area contributed by atoms with Gasteiger partial charge in [0.25, 0.3) is 5.91 Å². The van der Waals surface area contributed by atoms with Crippen LogP contribution in [0.5, 0.6) is 0 Å². The molecule has 0 saturated carbocycles. The van der Waals surface area contributed by atoms with Gasteiger partial charge in [0.1, 0.15) is 0 Å². The molecule has 1 N–H and O–H groups in total. The first-order valence-electron chi connectivity index (χ1n) is 4.98. The topological polar surface area (TPSA) is 54.9 Å². The summed E-state index contributed by atoms with van der Waals surface area (Å²) in [7, 11) is 0. The summed E-state index contributed by atoms with van der Waals surface area (Å²) in [5.41, 5.74) is 2.40. The summed E-state index contributed by atoms with van der Waals surface area (Å²) in [6.07, 6.45) is 0. The molecule has 0 bridgehead atoms. The number of benzene rings is 1. The van der Waals surface area contributed by atoms with Crippen molar-refractivity contribution in [1.82, 2.24) is 14.9 Å². The maximum Gasteiger partial charge on any atom is 0.273 e. The number of hydrogen-bond acceptors (Lipinski definition) is 4. The third kappa shape index (κ3) is 3.25. The summed E-state index contributed by atoms with van der Waals surface area (Å²) in [5, 5.41) is 8.09.